The molecule has 6 heteroatoms. The van der Waals surface area contributed by atoms with Crippen molar-refractivity contribution in [1.29, 1.82) is 0 Å². The van der Waals surface area contributed by atoms with Crippen LogP contribution in [0.1, 0.15) is 18.4 Å². The molecule has 1 heterocycles. The summed E-state index contributed by atoms with van der Waals surface area (Å²) < 4.78 is 0. The number of piperidine rings is 1. The molecule has 6 nitrogen and oxygen atoms in total. The SMILES string of the molecule is NC(=O)C1CCN(C(=O)C(O)Cc2ccc(O)cc2)CC1. The van der Waals surface area contributed by atoms with Crippen LogP contribution in [-0.4, -0.2) is 46.1 Å². The standard InChI is InChI=1S/C15H20N2O4/c16-14(20)11-5-7-17(8-6-11)15(21)13(19)9-10-1-3-12(18)4-2-10/h1-4,11,13,18-19H,5-9H2,(H2,16,20). The lowest BCUT2D eigenvalue weighted by Gasteiger charge is -2.32. The Kier molecular flexibility index (Phi) is 4.80. The van der Waals surface area contributed by atoms with Gasteiger partial charge in [0.15, 0.2) is 0 Å². The maximum absolute atomic E-state index is 12.2. The van der Waals surface area contributed by atoms with Gasteiger partial charge < -0.3 is 20.8 Å². The molecule has 0 aromatic heterocycles. The van der Waals surface area contributed by atoms with Crippen LogP contribution in [0.3, 0.4) is 0 Å². The van der Waals surface area contributed by atoms with E-state index in [1.54, 1.807) is 17.0 Å². The number of nitrogens with two attached hydrogens (primary N) is 1. The summed E-state index contributed by atoms with van der Waals surface area (Å²) in [5.41, 5.74) is 6.03. The fourth-order valence-electron chi connectivity index (χ4n) is 2.54. The first-order valence-electron chi connectivity index (χ1n) is 7.01. The number of aromatic hydroxyl groups is 1. The minimum absolute atomic E-state index is 0.146. The van der Waals surface area contributed by atoms with Crippen LogP contribution in [0.2, 0.25) is 0 Å². The van der Waals surface area contributed by atoms with Gasteiger partial charge in [0.1, 0.15) is 11.9 Å². The average molecular weight is 292 g/mol. The topological polar surface area (TPSA) is 104 Å². The highest BCUT2D eigenvalue weighted by Crippen LogP contribution is 2.18. The van der Waals surface area contributed by atoms with Gasteiger partial charge >= 0.3 is 0 Å². The normalized spacial score (nSPS) is 17.5. The molecule has 2 amide bonds. The number of aliphatic hydroxyl groups is 1. The molecule has 2 rings (SSSR count). The predicted molar refractivity (Wildman–Crippen MR) is 76.3 cm³/mol. The molecule has 0 bridgehead atoms. The number of phenols is 1. The molecule has 1 aliphatic rings. The molecule has 114 valence electrons. The van der Waals surface area contributed by atoms with Crippen molar-refractivity contribution >= 4 is 11.8 Å². The van der Waals surface area contributed by atoms with Gasteiger partial charge in [-0.3, -0.25) is 9.59 Å². The number of aliphatic hydroxyl groups excluding tert-OH is 1. The Balaban J connectivity index is 1.88. The van der Waals surface area contributed by atoms with Crippen LogP contribution < -0.4 is 5.73 Å². The van der Waals surface area contributed by atoms with Crippen LogP contribution in [0.5, 0.6) is 5.75 Å². The van der Waals surface area contributed by atoms with Crippen molar-refractivity contribution in [2.45, 2.75) is 25.4 Å². The van der Waals surface area contributed by atoms with Crippen LogP contribution in [0.15, 0.2) is 24.3 Å². The second-order valence-corrected chi connectivity index (χ2v) is 5.39. The lowest BCUT2D eigenvalue weighted by molar-refractivity contribution is -0.142. The van der Waals surface area contributed by atoms with Gasteiger partial charge in [0.25, 0.3) is 5.91 Å². The third kappa shape index (κ3) is 3.95. The molecule has 1 fully saturated rings. The predicted octanol–water partition coefficient (Wildman–Crippen LogP) is 0.0195. The van der Waals surface area contributed by atoms with Crippen molar-refractivity contribution in [3.63, 3.8) is 0 Å². The summed E-state index contributed by atoms with van der Waals surface area (Å²) in [6.45, 7) is 0.887. The Morgan fingerprint density at radius 1 is 1.24 bits per heavy atom. The van der Waals surface area contributed by atoms with Gasteiger partial charge in [-0.15, -0.1) is 0 Å². The van der Waals surface area contributed by atoms with Crippen LogP contribution in [0.4, 0.5) is 0 Å². The number of hydrogen-bond donors (Lipinski definition) is 3. The molecule has 0 saturated carbocycles. The summed E-state index contributed by atoms with van der Waals surface area (Å²) in [5, 5.41) is 19.2. The molecular weight excluding hydrogens is 272 g/mol. The van der Waals surface area contributed by atoms with E-state index in [4.69, 9.17) is 5.73 Å². The zero-order chi connectivity index (χ0) is 15.4. The van der Waals surface area contributed by atoms with Gasteiger partial charge in [-0.1, -0.05) is 12.1 Å². The molecular formula is C15H20N2O4. The fourth-order valence-corrected chi connectivity index (χ4v) is 2.54. The number of likely N-dealkylation sites (tertiary alicyclic amines) is 1. The smallest absolute Gasteiger partial charge is 0.251 e. The van der Waals surface area contributed by atoms with E-state index in [1.807, 2.05) is 0 Å². The van der Waals surface area contributed by atoms with Crippen LogP contribution >= 0.6 is 0 Å². The Bertz CT molecular complexity index is 507. The number of primary amides is 1. The summed E-state index contributed by atoms with van der Waals surface area (Å²) in [6.07, 6.45) is 0.189. The maximum atomic E-state index is 12.2. The Morgan fingerprint density at radius 2 is 1.81 bits per heavy atom. The molecule has 1 saturated heterocycles. The van der Waals surface area contributed by atoms with Gasteiger partial charge in [0, 0.05) is 25.4 Å². The highest BCUT2D eigenvalue weighted by Gasteiger charge is 2.29. The number of carbonyl (C=O) groups is 2. The third-order valence-electron chi connectivity index (χ3n) is 3.86. The van der Waals surface area contributed by atoms with E-state index in [2.05, 4.69) is 0 Å². The summed E-state index contributed by atoms with van der Waals surface area (Å²) in [6, 6.07) is 6.38. The molecule has 0 aliphatic carbocycles. The van der Waals surface area contributed by atoms with Crippen LogP contribution in [-0.2, 0) is 16.0 Å². The van der Waals surface area contributed by atoms with Crippen molar-refractivity contribution in [3.8, 4) is 5.75 Å². The van der Waals surface area contributed by atoms with E-state index in [1.165, 1.54) is 12.1 Å². The highest BCUT2D eigenvalue weighted by atomic mass is 16.3. The molecule has 1 aliphatic heterocycles. The average Bonchev–Trinajstić information content (AvgIpc) is 2.49. The van der Waals surface area contributed by atoms with E-state index in [0.717, 1.165) is 5.56 Å². The second kappa shape index (κ2) is 6.58. The van der Waals surface area contributed by atoms with Gasteiger partial charge in [0.2, 0.25) is 5.91 Å². The van der Waals surface area contributed by atoms with E-state index < -0.39 is 6.10 Å². The largest absolute Gasteiger partial charge is 0.508 e. The Labute approximate surface area is 123 Å². The second-order valence-electron chi connectivity index (χ2n) is 5.39. The molecule has 0 spiro atoms. The van der Waals surface area contributed by atoms with Gasteiger partial charge in [-0.2, -0.15) is 0 Å². The van der Waals surface area contributed by atoms with E-state index >= 15 is 0 Å². The summed E-state index contributed by atoms with van der Waals surface area (Å²) in [7, 11) is 0. The fraction of sp³-hybridized carbons (Fsp3) is 0.467. The van der Waals surface area contributed by atoms with E-state index in [-0.39, 0.29) is 29.9 Å². The first kappa shape index (κ1) is 15.3. The number of hydrogen-bond acceptors (Lipinski definition) is 4. The molecule has 1 unspecified atom stereocenters. The lowest BCUT2D eigenvalue weighted by Crippen LogP contribution is -2.46. The summed E-state index contributed by atoms with van der Waals surface area (Å²) in [4.78, 5) is 24.8. The summed E-state index contributed by atoms with van der Waals surface area (Å²) >= 11 is 0. The van der Waals surface area contributed by atoms with Crippen molar-refractivity contribution in [1.82, 2.24) is 4.90 Å². The maximum Gasteiger partial charge on any atom is 0.251 e. The van der Waals surface area contributed by atoms with Crippen molar-refractivity contribution in [3.05, 3.63) is 29.8 Å². The highest BCUT2D eigenvalue weighted by molar-refractivity contribution is 5.82. The first-order chi connectivity index (χ1) is 9.97. The van der Waals surface area contributed by atoms with Crippen molar-refractivity contribution in [2.24, 2.45) is 11.7 Å². The quantitative estimate of drug-likeness (QED) is 0.727. The van der Waals surface area contributed by atoms with Gasteiger partial charge in [-0.25, -0.2) is 0 Å². The number of phenolic OH excluding ortho intramolecular Hbond substituents is 1. The molecule has 4 N–H and O–H groups in total. The van der Waals surface area contributed by atoms with Gasteiger partial charge in [-0.05, 0) is 30.5 Å². The van der Waals surface area contributed by atoms with Crippen LogP contribution in [0.25, 0.3) is 0 Å². The molecule has 21 heavy (non-hydrogen) atoms. The number of rotatable bonds is 4. The van der Waals surface area contributed by atoms with E-state index in [0.29, 0.717) is 25.9 Å². The minimum Gasteiger partial charge on any atom is -0.508 e. The van der Waals surface area contributed by atoms with E-state index in [9.17, 15) is 19.8 Å². The first-order valence-corrected chi connectivity index (χ1v) is 7.01. The zero-order valence-corrected chi connectivity index (χ0v) is 11.7. The Morgan fingerprint density at radius 3 is 2.33 bits per heavy atom. The summed E-state index contributed by atoms with van der Waals surface area (Å²) in [5.74, 6) is -0.686. The molecule has 1 aromatic rings. The number of benzene rings is 1. The molecule has 1 atom stereocenters. The van der Waals surface area contributed by atoms with Crippen molar-refractivity contribution in [2.75, 3.05) is 13.1 Å². The lowest BCUT2D eigenvalue weighted by atomic mass is 9.95. The number of amides is 2. The van der Waals surface area contributed by atoms with Crippen LogP contribution in [0, 0.1) is 5.92 Å². The number of carbonyl (C=O) groups excluding carboxylic acids is 2. The molecule has 1 aromatic carbocycles. The minimum atomic E-state index is -1.11. The monoisotopic (exact) mass is 292 g/mol. The zero-order valence-electron chi connectivity index (χ0n) is 11.7. The molecule has 0 radical (unpaired) electrons. The number of nitrogens with zero attached hydrogens (tertiary/aromatic N) is 1. The van der Waals surface area contributed by atoms with Crippen molar-refractivity contribution < 1.29 is 19.8 Å². The third-order valence-corrected chi connectivity index (χ3v) is 3.86. The van der Waals surface area contributed by atoms with Gasteiger partial charge in [0.05, 0.1) is 0 Å². The Hall–Kier alpha value is -2.08.